The summed E-state index contributed by atoms with van der Waals surface area (Å²) in [5.74, 6) is -0.217. The second-order valence-electron chi connectivity index (χ2n) is 3.94. The Morgan fingerprint density at radius 3 is 2.50 bits per heavy atom. The molecule has 92 valence electrons. The van der Waals surface area contributed by atoms with Gasteiger partial charge in [0.05, 0.1) is 10.6 Å². The standard InChI is InChI=1S/C14H11BrClNO/c1-9-2-5-11(6-3-9)17-14(18)12-8-10(15)4-7-13(12)16/h2-8H,1H3,(H,17,18). The molecule has 2 aromatic carbocycles. The number of rotatable bonds is 2. The van der Waals surface area contributed by atoms with Gasteiger partial charge >= 0.3 is 0 Å². The fourth-order valence-electron chi connectivity index (χ4n) is 1.51. The monoisotopic (exact) mass is 323 g/mol. The lowest BCUT2D eigenvalue weighted by molar-refractivity contribution is 0.102. The molecule has 2 aromatic rings. The van der Waals surface area contributed by atoms with E-state index in [1.165, 1.54) is 0 Å². The number of hydrogen-bond donors (Lipinski definition) is 1. The molecule has 0 fully saturated rings. The second-order valence-corrected chi connectivity index (χ2v) is 5.27. The van der Waals surface area contributed by atoms with Gasteiger partial charge in [-0.2, -0.15) is 0 Å². The van der Waals surface area contributed by atoms with Crippen molar-refractivity contribution in [2.45, 2.75) is 6.92 Å². The van der Waals surface area contributed by atoms with Crippen LogP contribution < -0.4 is 5.32 Å². The minimum Gasteiger partial charge on any atom is -0.322 e. The number of nitrogens with one attached hydrogen (secondary N) is 1. The van der Waals surface area contributed by atoms with Crippen molar-refractivity contribution in [3.63, 3.8) is 0 Å². The first-order valence-corrected chi connectivity index (χ1v) is 6.56. The van der Waals surface area contributed by atoms with E-state index in [4.69, 9.17) is 11.6 Å². The minimum atomic E-state index is -0.217. The Bertz CT molecular complexity index is 581. The Morgan fingerprint density at radius 1 is 1.17 bits per heavy atom. The second kappa shape index (κ2) is 5.55. The van der Waals surface area contributed by atoms with Gasteiger partial charge in [0.25, 0.3) is 5.91 Å². The summed E-state index contributed by atoms with van der Waals surface area (Å²) >= 11 is 9.32. The van der Waals surface area contributed by atoms with Crippen LogP contribution in [0.4, 0.5) is 5.69 Å². The van der Waals surface area contributed by atoms with Crippen LogP contribution in [0.3, 0.4) is 0 Å². The quantitative estimate of drug-likeness (QED) is 0.855. The minimum absolute atomic E-state index is 0.217. The fraction of sp³-hybridized carbons (Fsp3) is 0.0714. The summed E-state index contributed by atoms with van der Waals surface area (Å²) in [7, 11) is 0. The van der Waals surface area contributed by atoms with E-state index >= 15 is 0 Å². The summed E-state index contributed by atoms with van der Waals surface area (Å²) in [6, 6.07) is 12.8. The summed E-state index contributed by atoms with van der Waals surface area (Å²) < 4.78 is 0.820. The highest BCUT2D eigenvalue weighted by molar-refractivity contribution is 9.10. The third kappa shape index (κ3) is 3.12. The molecule has 0 saturated heterocycles. The Balaban J connectivity index is 2.21. The van der Waals surface area contributed by atoms with Crippen LogP contribution in [0, 0.1) is 6.92 Å². The zero-order valence-corrected chi connectivity index (χ0v) is 12.0. The highest BCUT2D eigenvalue weighted by atomic mass is 79.9. The Kier molecular flexibility index (Phi) is 4.04. The highest BCUT2D eigenvalue weighted by Gasteiger charge is 2.10. The van der Waals surface area contributed by atoms with Gasteiger partial charge in [0, 0.05) is 10.2 Å². The Labute approximate surface area is 119 Å². The average molecular weight is 325 g/mol. The van der Waals surface area contributed by atoms with Crippen molar-refractivity contribution in [3.05, 3.63) is 63.1 Å². The van der Waals surface area contributed by atoms with Crippen molar-refractivity contribution >= 4 is 39.1 Å². The maximum absolute atomic E-state index is 12.1. The topological polar surface area (TPSA) is 29.1 Å². The molecule has 1 N–H and O–H groups in total. The smallest absolute Gasteiger partial charge is 0.257 e. The number of hydrogen-bond acceptors (Lipinski definition) is 1. The SMILES string of the molecule is Cc1ccc(NC(=O)c2cc(Br)ccc2Cl)cc1. The Morgan fingerprint density at radius 2 is 1.83 bits per heavy atom. The molecule has 0 saturated carbocycles. The molecule has 0 unspecified atom stereocenters. The average Bonchev–Trinajstić information content (AvgIpc) is 2.35. The molecule has 1 amide bonds. The third-order valence-corrected chi connectivity index (χ3v) is 3.31. The number of carbonyl (C=O) groups excluding carboxylic acids is 1. The lowest BCUT2D eigenvalue weighted by atomic mass is 10.2. The van der Waals surface area contributed by atoms with E-state index in [1.54, 1.807) is 18.2 Å². The van der Waals surface area contributed by atoms with Crippen LogP contribution in [0.25, 0.3) is 0 Å². The predicted octanol–water partition coefficient (Wildman–Crippen LogP) is 4.66. The summed E-state index contributed by atoms with van der Waals surface area (Å²) in [5.41, 5.74) is 2.35. The van der Waals surface area contributed by atoms with Crippen LogP contribution in [0.2, 0.25) is 5.02 Å². The molecular formula is C14H11BrClNO. The van der Waals surface area contributed by atoms with E-state index in [1.807, 2.05) is 31.2 Å². The van der Waals surface area contributed by atoms with Crippen LogP contribution in [-0.2, 0) is 0 Å². The number of aryl methyl sites for hydroxylation is 1. The molecule has 0 aliphatic rings. The van der Waals surface area contributed by atoms with Gasteiger partial charge in [0.1, 0.15) is 0 Å². The first-order valence-electron chi connectivity index (χ1n) is 5.39. The van der Waals surface area contributed by atoms with Gasteiger partial charge in [0.15, 0.2) is 0 Å². The summed E-state index contributed by atoms with van der Waals surface area (Å²) in [6.45, 7) is 2.00. The Hall–Kier alpha value is -1.32. The first kappa shape index (κ1) is 13.1. The van der Waals surface area contributed by atoms with Gasteiger partial charge in [0.2, 0.25) is 0 Å². The number of amides is 1. The van der Waals surface area contributed by atoms with Crippen LogP contribution in [0.15, 0.2) is 46.9 Å². The number of carbonyl (C=O) groups is 1. The van der Waals surface area contributed by atoms with E-state index < -0.39 is 0 Å². The lowest BCUT2D eigenvalue weighted by Crippen LogP contribution is -2.12. The molecule has 0 heterocycles. The van der Waals surface area contributed by atoms with Gasteiger partial charge in [-0.1, -0.05) is 45.2 Å². The van der Waals surface area contributed by atoms with Crippen molar-refractivity contribution in [1.29, 1.82) is 0 Å². The normalized spacial score (nSPS) is 10.2. The third-order valence-electron chi connectivity index (χ3n) is 2.48. The molecule has 18 heavy (non-hydrogen) atoms. The van der Waals surface area contributed by atoms with Gasteiger partial charge < -0.3 is 5.32 Å². The van der Waals surface area contributed by atoms with Crippen LogP contribution in [-0.4, -0.2) is 5.91 Å². The first-order chi connectivity index (χ1) is 8.56. The molecular weight excluding hydrogens is 314 g/mol. The van der Waals surface area contributed by atoms with E-state index in [0.29, 0.717) is 10.6 Å². The van der Waals surface area contributed by atoms with Crippen molar-refractivity contribution in [2.75, 3.05) is 5.32 Å². The van der Waals surface area contributed by atoms with E-state index in [2.05, 4.69) is 21.2 Å². The highest BCUT2D eigenvalue weighted by Crippen LogP contribution is 2.22. The van der Waals surface area contributed by atoms with Crippen LogP contribution in [0.1, 0.15) is 15.9 Å². The zero-order chi connectivity index (χ0) is 13.1. The molecule has 0 spiro atoms. The van der Waals surface area contributed by atoms with Crippen molar-refractivity contribution in [2.24, 2.45) is 0 Å². The maximum atomic E-state index is 12.1. The number of anilines is 1. The molecule has 0 aliphatic carbocycles. The van der Waals surface area contributed by atoms with Gasteiger partial charge in [-0.15, -0.1) is 0 Å². The molecule has 0 radical (unpaired) electrons. The fourth-order valence-corrected chi connectivity index (χ4v) is 2.07. The molecule has 0 bridgehead atoms. The lowest BCUT2D eigenvalue weighted by Gasteiger charge is -2.07. The van der Waals surface area contributed by atoms with E-state index in [9.17, 15) is 4.79 Å². The zero-order valence-electron chi connectivity index (χ0n) is 9.71. The van der Waals surface area contributed by atoms with Gasteiger partial charge in [-0.25, -0.2) is 0 Å². The van der Waals surface area contributed by atoms with E-state index in [-0.39, 0.29) is 5.91 Å². The molecule has 4 heteroatoms. The van der Waals surface area contributed by atoms with Crippen molar-refractivity contribution in [1.82, 2.24) is 0 Å². The molecule has 0 aliphatic heterocycles. The summed E-state index contributed by atoms with van der Waals surface area (Å²) in [5, 5.41) is 3.24. The van der Waals surface area contributed by atoms with E-state index in [0.717, 1.165) is 15.7 Å². The van der Waals surface area contributed by atoms with Crippen LogP contribution in [0.5, 0.6) is 0 Å². The van der Waals surface area contributed by atoms with Gasteiger partial charge in [-0.3, -0.25) is 4.79 Å². The number of halogens is 2. The molecule has 0 aromatic heterocycles. The van der Waals surface area contributed by atoms with Gasteiger partial charge in [-0.05, 0) is 37.3 Å². The summed E-state index contributed by atoms with van der Waals surface area (Å²) in [6.07, 6.45) is 0. The molecule has 2 rings (SSSR count). The predicted molar refractivity (Wildman–Crippen MR) is 78.3 cm³/mol. The molecule has 0 atom stereocenters. The largest absolute Gasteiger partial charge is 0.322 e. The molecule has 2 nitrogen and oxygen atoms in total. The van der Waals surface area contributed by atoms with Crippen molar-refractivity contribution < 1.29 is 4.79 Å². The summed E-state index contributed by atoms with van der Waals surface area (Å²) in [4.78, 5) is 12.1. The van der Waals surface area contributed by atoms with Crippen LogP contribution >= 0.6 is 27.5 Å². The number of benzene rings is 2. The van der Waals surface area contributed by atoms with Crippen molar-refractivity contribution in [3.8, 4) is 0 Å². The maximum Gasteiger partial charge on any atom is 0.257 e.